The van der Waals surface area contributed by atoms with Crippen molar-refractivity contribution in [1.82, 2.24) is 5.32 Å². The van der Waals surface area contributed by atoms with E-state index in [1.54, 1.807) is 11.3 Å². The van der Waals surface area contributed by atoms with Crippen LogP contribution in [-0.4, -0.2) is 12.5 Å². The minimum atomic E-state index is -0.0826. The molecular formula is C17H16N2OS. The van der Waals surface area contributed by atoms with Gasteiger partial charge in [0.1, 0.15) is 4.67 Å². The summed E-state index contributed by atoms with van der Waals surface area (Å²) in [4.78, 5) is 17.6. The van der Waals surface area contributed by atoms with Gasteiger partial charge in [-0.3, -0.25) is 4.79 Å². The summed E-state index contributed by atoms with van der Waals surface area (Å²) in [6.45, 7) is 0.278. The summed E-state index contributed by atoms with van der Waals surface area (Å²) in [6.07, 6.45) is 4.70. The highest BCUT2D eigenvalue weighted by atomic mass is 32.1. The minimum Gasteiger partial charge on any atom is -0.375 e. The second-order valence-corrected chi connectivity index (χ2v) is 6.57. The Bertz CT molecular complexity index is 820. The highest BCUT2D eigenvalue weighted by Gasteiger charge is 2.20. The number of thiophene rings is 1. The number of hydrogen-bond acceptors (Lipinski definition) is 3. The van der Waals surface area contributed by atoms with Crippen molar-refractivity contribution in [2.45, 2.75) is 25.7 Å². The zero-order valence-corrected chi connectivity index (χ0v) is 12.5. The predicted molar refractivity (Wildman–Crippen MR) is 83.7 cm³/mol. The Morgan fingerprint density at radius 1 is 1.10 bits per heavy atom. The number of nitrogens with one attached hydrogen (secondary N) is 1. The Morgan fingerprint density at radius 2 is 1.90 bits per heavy atom. The zero-order valence-electron chi connectivity index (χ0n) is 11.7. The van der Waals surface area contributed by atoms with Crippen molar-refractivity contribution in [3.05, 3.63) is 56.2 Å². The average Bonchev–Trinajstić information content (AvgIpc) is 2.78. The first kappa shape index (κ1) is 12.8. The van der Waals surface area contributed by atoms with E-state index < -0.39 is 0 Å². The van der Waals surface area contributed by atoms with Crippen molar-refractivity contribution >= 4 is 22.9 Å². The SMILES string of the molecule is O=C1CNC(c2ccccc2)=c2c3c(sc2=N1)CCCC3. The third-order valence-corrected chi connectivity index (χ3v) is 5.29. The summed E-state index contributed by atoms with van der Waals surface area (Å²) < 4.78 is 0.899. The molecule has 4 rings (SSSR count). The van der Waals surface area contributed by atoms with Gasteiger partial charge in [-0.05, 0) is 36.8 Å². The molecule has 0 spiro atoms. The highest BCUT2D eigenvalue weighted by Crippen LogP contribution is 2.22. The summed E-state index contributed by atoms with van der Waals surface area (Å²) in [6, 6.07) is 10.3. The third kappa shape index (κ3) is 2.20. The van der Waals surface area contributed by atoms with Crippen LogP contribution in [0, 0.1) is 0 Å². The number of carbonyl (C=O) groups excluding carboxylic acids is 1. The molecule has 4 heteroatoms. The fourth-order valence-electron chi connectivity index (χ4n) is 3.14. The van der Waals surface area contributed by atoms with Gasteiger partial charge in [0, 0.05) is 10.1 Å². The van der Waals surface area contributed by atoms with E-state index in [9.17, 15) is 4.79 Å². The van der Waals surface area contributed by atoms with Crippen LogP contribution in [-0.2, 0) is 17.6 Å². The van der Waals surface area contributed by atoms with Crippen LogP contribution >= 0.6 is 11.3 Å². The molecule has 0 radical (unpaired) electrons. The standard InChI is InChI=1S/C17H16N2OS/c20-14-10-18-16(11-6-2-1-3-7-11)15-12-8-4-5-9-13(12)21-17(15)19-14/h1-3,6-7,18H,4-5,8-10H2. The van der Waals surface area contributed by atoms with Gasteiger partial charge in [0.15, 0.2) is 0 Å². The highest BCUT2D eigenvalue weighted by molar-refractivity contribution is 7.09. The molecule has 1 aromatic carbocycles. The third-order valence-electron chi connectivity index (χ3n) is 4.11. The van der Waals surface area contributed by atoms with E-state index in [4.69, 9.17) is 0 Å². The van der Waals surface area contributed by atoms with E-state index >= 15 is 0 Å². The van der Waals surface area contributed by atoms with E-state index in [0.717, 1.165) is 28.8 Å². The number of hydrogen-bond donors (Lipinski definition) is 1. The largest absolute Gasteiger partial charge is 0.375 e. The average molecular weight is 296 g/mol. The Morgan fingerprint density at radius 3 is 2.76 bits per heavy atom. The second kappa shape index (κ2) is 5.11. The molecule has 0 bridgehead atoms. The molecule has 0 fully saturated rings. The van der Waals surface area contributed by atoms with Gasteiger partial charge in [-0.1, -0.05) is 30.3 Å². The van der Waals surface area contributed by atoms with Gasteiger partial charge in [0.05, 0.1) is 12.2 Å². The smallest absolute Gasteiger partial charge is 0.266 e. The number of aryl methyl sites for hydroxylation is 1. The Kier molecular flexibility index (Phi) is 3.11. The van der Waals surface area contributed by atoms with E-state index in [1.165, 1.54) is 28.5 Å². The topological polar surface area (TPSA) is 41.5 Å². The maximum Gasteiger partial charge on any atom is 0.266 e. The molecule has 21 heavy (non-hydrogen) atoms. The number of amides is 1. The van der Waals surface area contributed by atoms with E-state index in [-0.39, 0.29) is 12.5 Å². The lowest BCUT2D eigenvalue weighted by Crippen LogP contribution is -2.30. The molecule has 2 heterocycles. The number of carbonyl (C=O) groups is 1. The molecule has 1 aliphatic heterocycles. The quantitative estimate of drug-likeness (QED) is 0.867. The summed E-state index contributed by atoms with van der Waals surface area (Å²) in [5.74, 6) is -0.0826. The lowest BCUT2D eigenvalue weighted by atomic mass is 9.96. The molecule has 0 atom stereocenters. The van der Waals surface area contributed by atoms with Crippen LogP contribution in [0.2, 0.25) is 0 Å². The van der Waals surface area contributed by atoms with Crippen molar-refractivity contribution in [1.29, 1.82) is 0 Å². The van der Waals surface area contributed by atoms with Crippen molar-refractivity contribution in [2.24, 2.45) is 4.99 Å². The van der Waals surface area contributed by atoms with Crippen molar-refractivity contribution < 1.29 is 4.79 Å². The first-order valence-electron chi connectivity index (χ1n) is 7.38. The van der Waals surface area contributed by atoms with Gasteiger partial charge in [-0.25, -0.2) is 4.99 Å². The molecule has 0 saturated heterocycles. The Labute approximate surface area is 127 Å². The molecule has 1 amide bonds. The zero-order chi connectivity index (χ0) is 14.2. The molecule has 2 aromatic rings. The second-order valence-electron chi connectivity index (χ2n) is 5.49. The van der Waals surface area contributed by atoms with E-state index in [1.807, 2.05) is 18.2 Å². The first-order chi connectivity index (χ1) is 10.3. The van der Waals surface area contributed by atoms with Crippen molar-refractivity contribution in [2.75, 3.05) is 6.54 Å². The van der Waals surface area contributed by atoms with Crippen LogP contribution < -0.4 is 15.2 Å². The maximum absolute atomic E-state index is 11.9. The van der Waals surface area contributed by atoms with E-state index in [2.05, 4.69) is 22.4 Å². The molecule has 0 saturated carbocycles. The Balaban J connectivity index is 2.09. The molecule has 1 aliphatic carbocycles. The first-order valence-corrected chi connectivity index (χ1v) is 8.20. The normalized spacial score (nSPS) is 17.3. The molecule has 2 aliphatic rings. The van der Waals surface area contributed by atoms with Crippen LogP contribution in [0.15, 0.2) is 35.3 Å². The fraction of sp³-hybridized carbons (Fsp3) is 0.294. The van der Waals surface area contributed by atoms with E-state index in [0.29, 0.717) is 0 Å². The summed E-state index contributed by atoms with van der Waals surface area (Å²) in [5.41, 5.74) is 3.61. The van der Waals surface area contributed by atoms with Gasteiger partial charge in [-0.2, -0.15) is 0 Å². The predicted octanol–water partition coefficient (Wildman–Crippen LogP) is 1.53. The van der Waals surface area contributed by atoms with Crippen molar-refractivity contribution in [3.63, 3.8) is 0 Å². The van der Waals surface area contributed by atoms with Crippen LogP contribution in [0.1, 0.15) is 28.8 Å². The molecule has 106 valence electrons. The minimum absolute atomic E-state index is 0.0826. The lowest BCUT2D eigenvalue weighted by Gasteiger charge is -2.13. The van der Waals surface area contributed by atoms with Gasteiger partial charge in [0.2, 0.25) is 0 Å². The lowest BCUT2D eigenvalue weighted by molar-refractivity contribution is -0.117. The number of benzene rings is 1. The van der Waals surface area contributed by atoms with Crippen LogP contribution in [0.25, 0.3) is 5.70 Å². The van der Waals surface area contributed by atoms with Gasteiger partial charge < -0.3 is 5.32 Å². The number of rotatable bonds is 1. The van der Waals surface area contributed by atoms with Crippen molar-refractivity contribution in [3.8, 4) is 0 Å². The van der Waals surface area contributed by atoms with Gasteiger partial charge in [0.25, 0.3) is 5.91 Å². The fourth-order valence-corrected chi connectivity index (χ4v) is 4.43. The van der Waals surface area contributed by atoms with Crippen LogP contribution in [0.3, 0.4) is 0 Å². The summed E-state index contributed by atoms with van der Waals surface area (Å²) in [5, 5.41) is 4.49. The summed E-state index contributed by atoms with van der Waals surface area (Å²) >= 11 is 1.70. The van der Waals surface area contributed by atoms with Gasteiger partial charge >= 0.3 is 0 Å². The molecule has 1 N–H and O–H groups in total. The molecule has 1 aromatic heterocycles. The Hall–Kier alpha value is -1.94. The monoisotopic (exact) mass is 296 g/mol. The molecule has 3 nitrogen and oxygen atoms in total. The van der Waals surface area contributed by atoms with Crippen LogP contribution in [0.5, 0.6) is 0 Å². The molecule has 0 unspecified atom stereocenters. The summed E-state index contributed by atoms with van der Waals surface area (Å²) in [7, 11) is 0. The number of fused-ring (bicyclic) bond motifs is 3. The van der Waals surface area contributed by atoms with Crippen LogP contribution in [0.4, 0.5) is 0 Å². The maximum atomic E-state index is 11.9. The van der Waals surface area contributed by atoms with Gasteiger partial charge in [-0.15, -0.1) is 11.3 Å². The molecular weight excluding hydrogens is 280 g/mol. The number of nitrogens with zero attached hydrogens (tertiary/aromatic N) is 1.